The number of nitrogens with one attached hydrogen (secondary N) is 2. The molecule has 0 spiro atoms. The number of H-pyrrole nitrogens is 1. The number of amides is 1. The SMILES string of the molecule is Cc1cccc(NC(=O)Cc2nc(-c3cc(C)n(-c4ncn[nH]4)c3C)cs2)c1. The van der Waals surface area contributed by atoms with E-state index in [4.69, 9.17) is 0 Å². The molecule has 0 bridgehead atoms. The number of hydrogen-bond donors (Lipinski definition) is 2. The maximum atomic E-state index is 12.4. The van der Waals surface area contributed by atoms with Crippen LogP contribution < -0.4 is 5.32 Å². The Kier molecular flexibility index (Phi) is 4.79. The van der Waals surface area contributed by atoms with Crippen LogP contribution in [0.2, 0.25) is 0 Å². The topological polar surface area (TPSA) is 88.5 Å². The summed E-state index contributed by atoms with van der Waals surface area (Å²) in [4.78, 5) is 21.3. The minimum atomic E-state index is -0.0707. The molecule has 8 heteroatoms. The Morgan fingerprint density at radius 3 is 2.86 bits per heavy atom. The quantitative estimate of drug-likeness (QED) is 0.540. The molecule has 7 nitrogen and oxygen atoms in total. The zero-order chi connectivity index (χ0) is 19.7. The molecule has 0 aliphatic carbocycles. The molecule has 1 amide bonds. The van der Waals surface area contributed by atoms with Crippen LogP contribution in [0.25, 0.3) is 17.2 Å². The number of aromatic nitrogens is 5. The molecule has 0 saturated carbocycles. The highest BCUT2D eigenvalue weighted by atomic mass is 32.1. The van der Waals surface area contributed by atoms with Gasteiger partial charge >= 0.3 is 0 Å². The number of carbonyl (C=O) groups excluding carboxylic acids is 1. The maximum Gasteiger partial charge on any atom is 0.231 e. The molecule has 0 saturated heterocycles. The standard InChI is InChI=1S/C20H20N6OS/c1-12-5-4-6-15(7-12)23-18(27)9-19-24-17(10-28-19)16-8-13(2)26(14(16)3)20-21-11-22-25-20/h4-8,10-11H,9H2,1-3H3,(H,23,27)(H,21,22,25). The number of carbonyl (C=O) groups is 1. The second kappa shape index (κ2) is 7.40. The van der Waals surface area contributed by atoms with Crippen molar-refractivity contribution in [2.24, 2.45) is 0 Å². The van der Waals surface area contributed by atoms with Gasteiger partial charge in [-0.15, -0.1) is 11.3 Å². The molecule has 3 aromatic heterocycles. The molecule has 0 atom stereocenters. The fraction of sp³-hybridized carbons (Fsp3) is 0.200. The maximum absolute atomic E-state index is 12.4. The molecule has 4 aromatic rings. The van der Waals surface area contributed by atoms with E-state index < -0.39 is 0 Å². The van der Waals surface area contributed by atoms with Gasteiger partial charge in [-0.2, -0.15) is 10.1 Å². The average molecular weight is 392 g/mol. The third-order valence-electron chi connectivity index (χ3n) is 4.49. The summed E-state index contributed by atoms with van der Waals surface area (Å²) in [6.07, 6.45) is 1.74. The lowest BCUT2D eigenvalue weighted by Gasteiger charge is -2.05. The summed E-state index contributed by atoms with van der Waals surface area (Å²) in [7, 11) is 0. The van der Waals surface area contributed by atoms with Crippen LogP contribution in [-0.4, -0.2) is 30.6 Å². The van der Waals surface area contributed by atoms with Crippen molar-refractivity contribution in [2.75, 3.05) is 5.32 Å². The van der Waals surface area contributed by atoms with Gasteiger partial charge in [0.05, 0.1) is 12.1 Å². The van der Waals surface area contributed by atoms with Gasteiger partial charge in [-0.3, -0.25) is 9.36 Å². The van der Waals surface area contributed by atoms with Gasteiger partial charge in [-0.25, -0.2) is 10.1 Å². The first kappa shape index (κ1) is 18.1. The van der Waals surface area contributed by atoms with Crippen LogP contribution in [0.1, 0.15) is 22.0 Å². The van der Waals surface area contributed by atoms with Crippen molar-refractivity contribution in [3.63, 3.8) is 0 Å². The first-order chi connectivity index (χ1) is 13.5. The van der Waals surface area contributed by atoms with Crippen molar-refractivity contribution in [2.45, 2.75) is 27.2 Å². The van der Waals surface area contributed by atoms with E-state index in [1.807, 2.05) is 55.0 Å². The van der Waals surface area contributed by atoms with E-state index in [0.717, 1.165) is 38.9 Å². The van der Waals surface area contributed by atoms with E-state index in [2.05, 4.69) is 31.5 Å². The molecular weight excluding hydrogens is 372 g/mol. The smallest absolute Gasteiger partial charge is 0.231 e. The van der Waals surface area contributed by atoms with Gasteiger partial charge in [-0.1, -0.05) is 12.1 Å². The Morgan fingerprint density at radius 2 is 2.11 bits per heavy atom. The summed E-state index contributed by atoms with van der Waals surface area (Å²) in [6.45, 7) is 6.04. The Morgan fingerprint density at radius 1 is 1.25 bits per heavy atom. The van der Waals surface area contributed by atoms with Crippen molar-refractivity contribution in [1.82, 2.24) is 24.7 Å². The van der Waals surface area contributed by atoms with E-state index in [9.17, 15) is 4.79 Å². The summed E-state index contributed by atoms with van der Waals surface area (Å²) in [5.41, 5.74) is 5.86. The first-order valence-electron chi connectivity index (χ1n) is 8.87. The van der Waals surface area contributed by atoms with Crippen molar-refractivity contribution in [1.29, 1.82) is 0 Å². The van der Waals surface area contributed by atoms with Crippen LogP contribution in [0.3, 0.4) is 0 Å². The molecule has 1 aromatic carbocycles. The molecule has 3 heterocycles. The molecular formula is C20H20N6OS. The average Bonchev–Trinajstić information content (AvgIpc) is 3.36. The van der Waals surface area contributed by atoms with Crippen LogP contribution in [-0.2, 0) is 11.2 Å². The third kappa shape index (κ3) is 3.59. The summed E-state index contributed by atoms with van der Waals surface area (Å²) in [5, 5.41) is 12.5. The number of benzene rings is 1. The number of aromatic amines is 1. The van der Waals surface area contributed by atoms with Crippen molar-refractivity contribution < 1.29 is 4.79 Å². The highest BCUT2D eigenvalue weighted by Gasteiger charge is 2.17. The molecule has 0 aliphatic rings. The van der Waals surface area contributed by atoms with Gasteiger partial charge in [0.15, 0.2) is 0 Å². The van der Waals surface area contributed by atoms with Crippen LogP contribution in [0.4, 0.5) is 5.69 Å². The lowest BCUT2D eigenvalue weighted by molar-refractivity contribution is -0.115. The zero-order valence-corrected chi connectivity index (χ0v) is 16.7. The summed E-state index contributed by atoms with van der Waals surface area (Å²) in [6, 6.07) is 9.83. The Bertz CT molecular complexity index is 1130. The van der Waals surface area contributed by atoms with E-state index >= 15 is 0 Å². The van der Waals surface area contributed by atoms with E-state index in [1.165, 1.54) is 17.7 Å². The Labute approximate surface area is 166 Å². The van der Waals surface area contributed by atoms with Gasteiger partial charge < -0.3 is 5.32 Å². The van der Waals surface area contributed by atoms with Gasteiger partial charge in [0.2, 0.25) is 11.9 Å². The fourth-order valence-corrected chi connectivity index (χ4v) is 4.03. The largest absolute Gasteiger partial charge is 0.326 e. The molecule has 0 radical (unpaired) electrons. The van der Waals surface area contributed by atoms with Crippen molar-refractivity contribution in [3.8, 4) is 17.2 Å². The van der Waals surface area contributed by atoms with Crippen LogP contribution in [0.5, 0.6) is 0 Å². The second-order valence-electron chi connectivity index (χ2n) is 6.65. The van der Waals surface area contributed by atoms with Gasteiger partial charge in [-0.05, 0) is 44.5 Å². The van der Waals surface area contributed by atoms with Crippen molar-refractivity contribution in [3.05, 3.63) is 64.0 Å². The predicted octanol–water partition coefficient (Wildman–Crippen LogP) is 3.83. The summed E-state index contributed by atoms with van der Waals surface area (Å²) >= 11 is 1.49. The minimum Gasteiger partial charge on any atom is -0.326 e. The van der Waals surface area contributed by atoms with E-state index in [-0.39, 0.29) is 12.3 Å². The molecule has 28 heavy (non-hydrogen) atoms. The van der Waals surface area contributed by atoms with E-state index in [0.29, 0.717) is 5.95 Å². The second-order valence-corrected chi connectivity index (χ2v) is 7.59. The summed E-state index contributed by atoms with van der Waals surface area (Å²) < 4.78 is 2.01. The number of aryl methyl sites for hydroxylation is 2. The zero-order valence-electron chi connectivity index (χ0n) is 15.9. The molecule has 2 N–H and O–H groups in total. The lowest BCUT2D eigenvalue weighted by Crippen LogP contribution is -2.14. The highest BCUT2D eigenvalue weighted by molar-refractivity contribution is 7.10. The molecule has 4 rings (SSSR count). The van der Waals surface area contributed by atoms with Crippen LogP contribution in [0, 0.1) is 20.8 Å². The minimum absolute atomic E-state index is 0.0707. The molecule has 0 fully saturated rings. The van der Waals surface area contributed by atoms with Gasteiger partial charge in [0.25, 0.3) is 0 Å². The summed E-state index contributed by atoms with van der Waals surface area (Å²) in [5.74, 6) is 0.605. The van der Waals surface area contributed by atoms with E-state index in [1.54, 1.807) is 0 Å². The monoisotopic (exact) mass is 392 g/mol. The highest BCUT2D eigenvalue weighted by Crippen LogP contribution is 2.29. The van der Waals surface area contributed by atoms with Crippen LogP contribution in [0.15, 0.2) is 42.0 Å². The van der Waals surface area contributed by atoms with Gasteiger partial charge in [0, 0.05) is 28.0 Å². The van der Waals surface area contributed by atoms with Gasteiger partial charge in [0.1, 0.15) is 11.3 Å². The van der Waals surface area contributed by atoms with Crippen molar-refractivity contribution >= 4 is 22.9 Å². The third-order valence-corrected chi connectivity index (χ3v) is 5.34. The fourth-order valence-electron chi connectivity index (χ4n) is 3.24. The number of hydrogen-bond acceptors (Lipinski definition) is 5. The first-order valence-corrected chi connectivity index (χ1v) is 9.75. The van der Waals surface area contributed by atoms with Crippen LogP contribution >= 0.6 is 11.3 Å². The Balaban J connectivity index is 1.52. The molecule has 0 aliphatic heterocycles. The molecule has 142 valence electrons. The Hall–Kier alpha value is -3.26. The predicted molar refractivity (Wildman–Crippen MR) is 110 cm³/mol. The number of thiazole rings is 1. The number of anilines is 1. The number of nitrogens with zero attached hydrogens (tertiary/aromatic N) is 4. The lowest BCUT2D eigenvalue weighted by atomic mass is 10.2. The normalized spacial score (nSPS) is 11.0. The number of rotatable bonds is 5. The molecule has 0 unspecified atom stereocenters.